The van der Waals surface area contributed by atoms with Gasteiger partial charge in [-0.2, -0.15) is 0 Å². The number of fused-ring (bicyclic) bond motifs is 1. The summed E-state index contributed by atoms with van der Waals surface area (Å²) in [5.74, 6) is 0.379. The molecule has 2 aromatic carbocycles. The summed E-state index contributed by atoms with van der Waals surface area (Å²) in [5, 5.41) is 3.40. The first-order chi connectivity index (χ1) is 13.9. The first kappa shape index (κ1) is 18.6. The fourth-order valence-electron chi connectivity index (χ4n) is 3.25. The van der Waals surface area contributed by atoms with Gasteiger partial charge in [-0.1, -0.05) is 17.7 Å². The molecule has 6 nitrogen and oxygen atoms in total. The van der Waals surface area contributed by atoms with Crippen LogP contribution in [-0.4, -0.2) is 20.4 Å². The number of nitrogens with zero attached hydrogens (tertiary/aromatic N) is 3. The molecule has 0 saturated carbocycles. The lowest BCUT2D eigenvalue weighted by molar-refractivity contribution is 0.102. The maximum absolute atomic E-state index is 12.9. The van der Waals surface area contributed by atoms with Crippen LogP contribution in [-0.2, 0) is 0 Å². The van der Waals surface area contributed by atoms with Gasteiger partial charge in [-0.15, -0.1) is 0 Å². The van der Waals surface area contributed by atoms with Gasteiger partial charge in [0.05, 0.1) is 11.1 Å². The van der Waals surface area contributed by atoms with E-state index in [1.807, 2.05) is 32.0 Å². The Morgan fingerprint density at radius 1 is 1.00 bits per heavy atom. The average molecular weight is 384 g/mol. The number of amides is 1. The molecule has 0 bridgehead atoms. The third kappa shape index (κ3) is 3.52. The van der Waals surface area contributed by atoms with Crippen LogP contribution in [0.2, 0.25) is 0 Å². The van der Waals surface area contributed by atoms with E-state index in [2.05, 4.69) is 15.3 Å². The number of aryl methyl sites for hydroxylation is 3. The van der Waals surface area contributed by atoms with E-state index < -0.39 is 0 Å². The molecule has 29 heavy (non-hydrogen) atoms. The lowest BCUT2D eigenvalue weighted by atomic mass is 10.1. The average Bonchev–Trinajstić information content (AvgIpc) is 2.70. The van der Waals surface area contributed by atoms with Crippen molar-refractivity contribution in [3.63, 3.8) is 0 Å². The van der Waals surface area contributed by atoms with Crippen molar-refractivity contribution in [1.29, 1.82) is 0 Å². The molecular formula is C23H20N4O2. The zero-order valence-electron chi connectivity index (χ0n) is 16.4. The van der Waals surface area contributed by atoms with E-state index >= 15 is 0 Å². The number of anilines is 1. The molecule has 0 saturated heterocycles. The van der Waals surface area contributed by atoms with Gasteiger partial charge in [-0.3, -0.25) is 14.2 Å². The van der Waals surface area contributed by atoms with Crippen LogP contribution in [0.3, 0.4) is 0 Å². The second kappa shape index (κ2) is 7.31. The third-order valence-electron chi connectivity index (χ3n) is 4.84. The van der Waals surface area contributed by atoms with Gasteiger partial charge in [0.15, 0.2) is 5.65 Å². The summed E-state index contributed by atoms with van der Waals surface area (Å²) >= 11 is 0. The molecule has 4 rings (SSSR count). The second-order valence-electron chi connectivity index (χ2n) is 6.99. The van der Waals surface area contributed by atoms with Gasteiger partial charge in [0.2, 0.25) is 0 Å². The van der Waals surface area contributed by atoms with Crippen molar-refractivity contribution in [2.75, 3.05) is 5.32 Å². The molecule has 0 fully saturated rings. The Hall–Kier alpha value is -3.80. The van der Waals surface area contributed by atoms with Crippen molar-refractivity contribution < 1.29 is 4.79 Å². The van der Waals surface area contributed by atoms with Crippen LogP contribution in [0.5, 0.6) is 0 Å². The minimum Gasteiger partial charge on any atom is -0.322 e. The van der Waals surface area contributed by atoms with E-state index in [0.29, 0.717) is 33.8 Å². The van der Waals surface area contributed by atoms with E-state index in [4.69, 9.17) is 0 Å². The molecule has 0 spiro atoms. The fraction of sp³-hybridized carbons (Fsp3) is 0.130. The van der Waals surface area contributed by atoms with E-state index in [9.17, 15) is 9.59 Å². The van der Waals surface area contributed by atoms with Crippen molar-refractivity contribution in [3.05, 3.63) is 93.7 Å². The van der Waals surface area contributed by atoms with Gasteiger partial charge in [0, 0.05) is 17.4 Å². The Morgan fingerprint density at radius 2 is 1.76 bits per heavy atom. The van der Waals surface area contributed by atoms with Crippen LogP contribution in [0, 0.1) is 20.8 Å². The second-order valence-corrected chi connectivity index (χ2v) is 6.99. The van der Waals surface area contributed by atoms with Crippen molar-refractivity contribution in [3.8, 4) is 5.69 Å². The molecular weight excluding hydrogens is 364 g/mol. The van der Waals surface area contributed by atoms with Crippen LogP contribution in [0.15, 0.2) is 65.6 Å². The molecule has 0 aliphatic rings. The fourth-order valence-corrected chi connectivity index (χ4v) is 3.25. The SMILES string of the molecule is Cc1ccc(C(=O)Nc2ccc(-n3c(C)nc4ncccc4c3=O)cc2C)cc1. The number of carbonyl (C=O) groups is 1. The highest BCUT2D eigenvalue weighted by Crippen LogP contribution is 2.20. The van der Waals surface area contributed by atoms with Crippen LogP contribution in [0.25, 0.3) is 16.7 Å². The van der Waals surface area contributed by atoms with E-state index in [-0.39, 0.29) is 11.5 Å². The maximum Gasteiger partial charge on any atom is 0.267 e. The Bertz CT molecular complexity index is 1290. The van der Waals surface area contributed by atoms with Gasteiger partial charge >= 0.3 is 0 Å². The van der Waals surface area contributed by atoms with Crippen molar-refractivity contribution in [1.82, 2.24) is 14.5 Å². The van der Waals surface area contributed by atoms with Crippen molar-refractivity contribution in [2.24, 2.45) is 0 Å². The summed E-state index contributed by atoms with van der Waals surface area (Å²) in [5.41, 5.74) is 4.19. The van der Waals surface area contributed by atoms with Crippen molar-refractivity contribution >= 4 is 22.6 Å². The van der Waals surface area contributed by atoms with Gasteiger partial charge in [0.1, 0.15) is 5.82 Å². The number of rotatable bonds is 3. The molecule has 2 heterocycles. The highest BCUT2D eigenvalue weighted by atomic mass is 16.1. The molecule has 2 aromatic heterocycles. The predicted molar refractivity (Wildman–Crippen MR) is 114 cm³/mol. The third-order valence-corrected chi connectivity index (χ3v) is 4.84. The first-order valence-electron chi connectivity index (χ1n) is 9.27. The van der Waals surface area contributed by atoms with E-state index in [1.165, 1.54) is 0 Å². The number of hydrogen-bond donors (Lipinski definition) is 1. The van der Waals surface area contributed by atoms with Crippen LogP contribution in [0.4, 0.5) is 5.69 Å². The molecule has 0 unspecified atom stereocenters. The number of benzene rings is 2. The number of nitrogens with one attached hydrogen (secondary N) is 1. The Balaban J connectivity index is 1.69. The van der Waals surface area contributed by atoms with Gasteiger partial charge < -0.3 is 5.32 Å². The molecule has 1 amide bonds. The summed E-state index contributed by atoms with van der Waals surface area (Å²) in [6.45, 7) is 5.65. The number of pyridine rings is 1. The zero-order valence-corrected chi connectivity index (χ0v) is 16.4. The smallest absolute Gasteiger partial charge is 0.267 e. The largest absolute Gasteiger partial charge is 0.322 e. The van der Waals surface area contributed by atoms with E-state index in [0.717, 1.165) is 11.1 Å². The summed E-state index contributed by atoms with van der Waals surface area (Å²) in [7, 11) is 0. The van der Waals surface area contributed by atoms with Crippen molar-refractivity contribution in [2.45, 2.75) is 20.8 Å². The number of carbonyl (C=O) groups excluding carboxylic acids is 1. The highest BCUT2D eigenvalue weighted by molar-refractivity contribution is 6.04. The lowest BCUT2D eigenvalue weighted by Gasteiger charge is -2.14. The molecule has 1 N–H and O–H groups in total. The lowest BCUT2D eigenvalue weighted by Crippen LogP contribution is -2.23. The monoisotopic (exact) mass is 384 g/mol. The minimum absolute atomic E-state index is 0.170. The topological polar surface area (TPSA) is 76.9 Å². The van der Waals surface area contributed by atoms with E-state index in [1.54, 1.807) is 54.1 Å². The number of aromatic nitrogens is 3. The summed E-state index contributed by atoms with van der Waals surface area (Å²) in [6, 6.07) is 16.3. The van der Waals surface area contributed by atoms with Crippen LogP contribution < -0.4 is 10.9 Å². The molecule has 4 aromatic rings. The maximum atomic E-state index is 12.9. The molecule has 0 aliphatic carbocycles. The zero-order chi connectivity index (χ0) is 20.5. The molecule has 144 valence electrons. The summed E-state index contributed by atoms with van der Waals surface area (Å²) in [6.07, 6.45) is 1.62. The van der Waals surface area contributed by atoms with Gasteiger partial charge in [0.25, 0.3) is 11.5 Å². The first-order valence-corrected chi connectivity index (χ1v) is 9.27. The number of hydrogen-bond acceptors (Lipinski definition) is 4. The van der Waals surface area contributed by atoms with Crippen LogP contribution >= 0.6 is 0 Å². The quantitative estimate of drug-likeness (QED) is 0.580. The molecule has 0 aliphatic heterocycles. The molecule has 0 atom stereocenters. The normalized spacial score (nSPS) is 10.9. The summed E-state index contributed by atoms with van der Waals surface area (Å²) in [4.78, 5) is 34.1. The highest BCUT2D eigenvalue weighted by Gasteiger charge is 2.13. The molecule has 0 radical (unpaired) electrons. The minimum atomic E-state index is -0.173. The predicted octanol–water partition coefficient (Wildman–Crippen LogP) is 3.96. The molecule has 6 heteroatoms. The van der Waals surface area contributed by atoms with Gasteiger partial charge in [-0.25, -0.2) is 9.97 Å². The Kier molecular flexibility index (Phi) is 4.68. The Morgan fingerprint density at radius 3 is 2.48 bits per heavy atom. The standard InChI is InChI=1S/C23H20N4O2/c1-14-6-8-17(9-7-14)22(28)26-20-11-10-18(13-15(20)2)27-16(3)25-21-19(23(27)29)5-4-12-24-21/h4-13H,1-3H3,(H,26,28). The van der Waals surface area contributed by atoms with Crippen LogP contribution in [0.1, 0.15) is 27.3 Å². The van der Waals surface area contributed by atoms with Gasteiger partial charge in [-0.05, 0) is 68.8 Å². The Labute approximate surface area is 167 Å². The summed E-state index contributed by atoms with van der Waals surface area (Å²) < 4.78 is 1.56.